The van der Waals surface area contributed by atoms with Gasteiger partial charge in [-0.3, -0.25) is 0 Å². The lowest BCUT2D eigenvalue weighted by Crippen LogP contribution is -2.21. The Morgan fingerprint density at radius 2 is 1.87 bits per heavy atom. The van der Waals surface area contributed by atoms with Crippen LogP contribution in [0.2, 0.25) is 10.0 Å². The predicted molar refractivity (Wildman–Crippen MR) is 105 cm³/mol. The molecule has 2 nitrogen and oxygen atoms in total. The third-order valence-electron chi connectivity index (χ3n) is 3.53. The fourth-order valence-corrected chi connectivity index (χ4v) is 4.05. The van der Waals surface area contributed by atoms with Crippen LogP contribution in [0.3, 0.4) is 0 Å². The first-order chi connectivity index (χ1) is 10.6. The van der Waals surface area contributed by atoms with Crippen molar-refractivity contribution in [1.82, 2.24) is 4.90 Å². The highest BCUT2D eigenvalue weighted by molar-refractivity contribution is 8.14. The van der Waals surface area contributed by atoms with Crippen LogP contribution in [0.15, 0.2) is 53.5 Å². The van der Waals surface area contributed by atoms with E-state index < -0.39 is 0 Å². The molecule has 0 radical (unpaired) electrons. The van der Waals surface area contributed by atoms with Crippen molar-refractivity contribution in [1.29, 1.82) is 0 Å². The molecule has 1 aliphatic heterocycles. The minimum absolute atomic E-state index is 0. The lowest BCUT2D eigenvalue weighted by atomic mass is 10.1. The molecule has 23 heavy (non-hydrogen) atoms. The summed E-state index contributed by atoms with van der Waals surface area (Å²) in [5.74, 6) is 0. The summed E-state index contributed by atoms with van der Waals surface area (Å²) in [6.45, 7) is 0.983. The molecule has 0 aromatic heterocycles. The van der Waals surface area contributed by atoms with Gasteiger partial charge >= 0.3 is 0 Å². The monoisotopic (exact) mass is 386 g/mol. The molecule has 0 N–H and O–H groups in total. The third-order valence-corrected chi connectivity index (χ3v) is 5.60. The molecule has 3 rings (SSSR count). The molecule has 6 heteroatoms. The Hall–Kier alpha value is -0.870. The van der Waals surface area contributed by atoms with Gasteiger partial charge < -0.3 is 4.90 Å². The Bertz CT molecular complexity index is 691. The zero-order valence-electron chi connectivity index (χ0n) is 12.6. The molecule has 1 fully saturated rings. The summed E-state index contributed by atoms with van der Waals surface area (Å²) in [5.41, 5.74) is 2.08. The molecule has 1 atom stereocenters. The predicted octanol–water partition coefficient (Wildman–Crippen LogP) is 5.69. The van der Waals surface area contributed by atoms with Gasteiger partial charge in [0.1, 0.15) is 0 Å². The first kappa shape index (κ1) is 18.5. The molecule has 2 aromatic carbocycles. The van der Waals surface area contributed by atoms with E-state index in [-0.39, 0.29) is 12.4 Å². The van der Waals surface area contributed by atoms with Crippen LogP contribution in [-0.2, 0) is 6.42 Å². The van der Waals surface area contributed by atoms with E-state index in [4.69, 9.17) is 23.2 Å². The highest BCUT2D eigenvalue weighted by Crippen LogP contribution is 2.35. The normalized spacial score (nSPS) is 19.0. The molecule has 122 valence electrons. The Morgan fingerprint density at radius 3 is 2.61 bits per heavy atom. The SMILES string of the molecule is CN1CC(Cc2ccccc2)SC1=Nc1cccc(Cl)c1Cl.Cl. The van der Waals surface area contributed by atoms with Crippen molar-refractivity contribution in [3.8, 4) is 0 Å². The second-order valence-corrected chi connectivity index (χ2v) is 7.33. The van der Waals surface area contributed by atoms with Crippen molar-refractivity contribution < 1.29 is 0 Å². The fourth-order valence-electron chi connectivity index (χ4n) is 2.44. The van der Waals surface area contributed by atoms with E-state index in [9.17, 15) is 0 Å². The van der Waals surface area contributed by atoms with Crippen LogP contribution >= 0.6 is 47.4 Å². The highest BCUT2D eigenvalue weighted by Gasteiger charge is 2.26. The van der Waals surface area contributed by atoms with Crippen LogP contribution in [0.1, 0.15) is 5.56 Å². The molecular formula is C17H17Cl3N2S. The zero-order chi connectivity index (χ0) is 15.5. The summed E-state index contributed by atoms with van der Waals surface area (Å²) >= 11 is 14.1. The Labute approximate surface area is 157 Å². The van der Waals surface area contributed by atoms with Gasteiger partial charge in [0.2, 0.25) is 0 Å². The number of hydrogen-bond acceptors (Lipinski definition) is 2. The quantitative estimate of drug-likeness (QED) is 0.672. The van der Waals surface area contributed by atoms with Gasteiger partial charge in [-0.1, -0.05) is 71.4 Å². The largest absolute Gasteiger partial charge is 0.353 e. The molecule has 0 bridgehead atoms. The van der Waals surface area contributed by atoms with E-state index in [1.165, 1.54) is 5.56 Å². The number of rotatable bonds is 3. The van der Waals surface area contributed by atoms with E-state index in [0.717, 1.165) is 23.8 Å². The zero-order valence-corrected chi connectivity index (χ0v) is 15.7. The molecule has 2 aromatic rings. The molecule has 1 aliphatic rings. The number of aliphatic imine (C=N–C) groups is 1. The fraction of sp³-hybridized carbons (Fsp3) is 0.235. The van der Waals surface area contributed by atoms with Crippen molar-refractivity contribution >= 4 is 58.2 Å². The lowest BCUT2D eigenvalue weighted by Gasteiger charge is -2.11. The number of thioether (sulfide) groups is 1. The minimum atomic E-state index is 0. The van der Waals surface area contributed by atoms with Gasteiger partial charge in [0, 0.05) is 18.8 Å². The van der Waals surface area contributed by atoms with Gasteiger partial charge in [-0.15, -0.1) is 12.4 Å². The second-order valence-electron chi connectivity index (χ2n) is 5.28. The molecule has 0 amide bonds. The standard InChI is InChI=1S/C17H16Cl2N2S.ClH/c1-21-11-13(10-12-6-3-2-4-7-12)22-17(21)20-15-9-5-8-14(18)16(15)19;/h2-9,13H,10-11H2,1H3;1H. The van der Waals surface area contributed by atoms with Crippen LogP contribution in [0.4, 0.5) is 5.69 Å². The van der Waals surface area contributed by atoms with E-state index in [2.05, 4.69) is 41.2 Å². The van der Waals surface area contributed by atoms with Crippen molar-refractivity contribution in [3.05, 3.63) is 64.1 Å². The topological polar surface area (TPSA) is 15.6 Å². The van der Waals surface area contributed by atoms with Crippen molar-refractivity contribution in [3.63, 3.8) is 0 Å². The molecule has 0 spiro atoms. The Kier molecular flexibility index (Phi) is 6.66. The molecule has 1 heterocycles. The molecule has 0 saturated carbocycles. The van der Waals surface area contributed by atoms with Crippen LogP contribution in [0.25, 0.3) is 0 Å². The maximum atomic E-state index is 6.22. The van der Waals surface area contributed by atoms with Gasteiger partial charge in [-0.25, -0.2) is 4.99 Å². The second kappa shape index (κ2) is 8.29. The number of halogens is 3. The average molecular weight is 388 g/mol. The summed E-state index contributed by atoms with van der Waals surface area (Å²) in [7, 11) is 2.06. The van der Waals surface area contributed by atoms with Crippen molar-refractivity contribution in [2.75, 3.05) is 13.6 Å². The van der Waals surface area contributed by atoms with E-state index in [1.54, 1.807) is 17.8 Å². The summed E-state index contributed by atoms with van der Waals surface area (Å²) in [6, 6.07) is 16.1. The van der Waals surface area contributed by atoms with Gasteiger partial charge in [-0.2, -0.15) is 0 Å². The van der Waals surface area contributed by atoms with E-state index in [1.807, 2.05) is 18.2 Å². The van der Waals surface area contributed by atoms with Crippen LogP contribution in [0.5, 0.6) is 0 Å². The van der Waals surface area contributed by atoms with E-state index in [0.29, 0.717) is 15.3 Å². The van der Waals surface area contributed by atoms with Gasteiger partial charge in [0.25, 0.3) is 0 Å². The maximum absolute atomic E-state index is 6.22. The Balaban J connectivity index is 0.00000192. The molecular weight excluding hydrogens is 371 g/mol. The van der Waals surface area contributed by atoms with Crippen molar-refractivity contribution in [2.24, 2.45) is 4.99 Å². The van der Waals surface area contributed by atoms with Crippen LogP contribution < -0.4 is 0 Å². The first-order valence-electron chi connectivity index (χ1n) is 7.08. The number of benzene rings is 2. The van der Waals surface area contributed by atoms with Gasteiger partial charge in [-0.05, 0) is 24.1 Å². The minimum Gasteiger partial charge on any atom is -0.353 e. The summed E-state index contributed by atoms with van der Waals surface area (Å²) in [6.07, 6.45) is 1.04. The summed E-state index contributed by atoms with van der Waals surface area (Å²) in [4.78, 5) is 6.86. The van der Waals surface area contributed by atoms with Crippen molar-refractivity contribution in [2.45, 2.75) is 11.7 Å². The molecule has 1 unspecified atom stereocenters. The molecule has 1 saturated heterocycles. The highest BCUT2D eigenvalue weighted by atomic mass is 35.5. The smallest absolute Gasteiger partial charge is 0.164 e. The van der Waals surface area contributed by atoms with E-state index >= 15 is 0 Å². The average Bonchev–Trinajstić information content (AvgIpc) is 2.85. The first-order valence-corrected chi connectivity index (χ1v) is 8.71. The number of amidine groups is 1. The molecule has 0 aliphatic carbocycles. The number of hydrogen-bond donors (Lipinski definition) is 0. The number of nitrogens with zero attached hydrogens (tertiary/aromatic N) is 2. The van der Waals surface area contributed by atoms with Gasteiger partial charge in [0.15, 0.2) is 5.17 Å². The summed E-state index contributed by atoms with van der Waals surface area (Å²) in [5, 5.41) is 2.54. The van der Waals surface area contributed by atoms with Gasteiger partial charge in [0.05, 0.1) is 15.7 Å². The Morgan fingerprint density at radius 1 is 1.13 bits per heavy atom. The summed E-state index contributed by atoms with van der Waals surface area (Å²) < 4.78 is 0. The van der Waals surface area contributed by atoms with Crippen LogP contribution in [0, 0.1) is 0 Å². The van der Waals surface area contributed by atoms with Crippen LogP contribution in [-0.4, -0.2) is 28.9 Å². The lowest BCUT2D eigenvalue weighted by molar-refractivity contribution is 0.521. The third kappa shape index (κ3) is 4.57. The maximum Gasteiger partial charge on any atom is 0.164 e.